The third-order valence-corrected chi connectivity index (χ3v) is 7.42. The summed E-state index contributed by atoms with van der Waals surface area (Å²) in [5.74, 6) is -0.0875. The number of nitrogens with one attached hydrogen (secondary N) is 1. The summed E-state index contributed by atoms with van der Waals surface area (Å²) >= 11 is 0. The Bertz CT molecular complexity index is 1200. The molecule has 3 aromatic rings. The van der Waals surface area contributed by atoms with Crippen LogP contribution in [0.5, 0.6) is 0 Å². The van der Waals surface area contributed by atoms with Crippen molar-refractivity contribution in [2.75, 3.05) is 25.4 Å². The Morgan fingerprint density at radius 1 is 1.13 bits per heavy atom. The van der Waals surface area contributed by atoms with Crippen LogP contribution in [0.15, 0.2) is 54.7 Å². The lowest BCUT2D eigenvalue weighted by Crippen LogP contribution is -2.35. The van der Waals surface area contributed by atoms with E-state index in [1.165, 1.54) is 4.31 Å². The fourth-order valence-electron chi connectivity index (χ4n) is 3.86. The molecule has 2 aromatic carbocycles. The molecule has 0 unspecified atom stereocenters. The lowest BCUT2D eigenvalue weighted by atomic mass is 10.0. The molecule has 0 atom stereocenters. The number of benzene rings is 2. The van der Waals surface area contributed by atoms with Gasteiger partial charge in [0.15, 0.2) is 0 Å². The van der Waals surface area contributed by atoms with Gasteiger partial charge in [0.25, 0.3) is 5.91 Å². The summed E-state index contributed by atoms with van der Waals surface area (Å²) in [5, 5.41) is 7.59. The summed E-state index contributed by atoms with van der Waals surface area (Å²) in [5.41, 5.74) is 4.99. The molecule has 1 fully saturated rings. The van der Waals surface area contributed by atoms with Crippen molar-refractivity contribution in [1.82, 2.24) is 19.4 Å². The SMILES string of the molecule is Cc1ccc(-c2nn(-c3ccccc3)cc2C(=O)NCCN2CCCS2(=O)=O)c(C)c1. The van der Waals surface area contributed by atoms with Crippen LogP contribution in [0.3, 0.4) is 0 Å². The first-order valence-corrected chi connectivity index (χ1v) is 11.9. The Balaban J connectivity index is 1.62. The molecule has 31 heavy (non-hydrogen) atoms. The van der Waals surface area contributed by atoms with E-state index in [-0.39, 0.29) is 24.7 Å². The highest BCUT2D eigenvalue weighted by Crippen LogP contribution is 2.27. The van der Waals surface area contributed by atoms with Crippen LogP contribution in [0.25, 0.3) is 16.9 Å². The molecule has 162 valence electrons. The van der Waals surface area contributed by atoms with Crippen molar-refractivity contribution in [1.29, 1.82) is 0 Å². The first-order chi connectivity index (χ1) is 14.8. The van der Waals surface area contributed by atoms with Crippen molar-refractivity contribution in [2.45, 2.75) is 20.3 Å². The van der Waals surface area contributed by atoms with Gasteiger partial charge >= 0.3 is 0 Å². The van der Waals surface area contributed by atoms with E-state index >= 15 is 0 Å². The van der Waals surface area contributed by atoms with E-state index in [0.717, 1.165) is 22.4 Å². The van der Waals surface area contributed by atoms with Crippen LogP contribution in [-0.2, 0) is 10.0 Å². The number of amides is 1. The fraction of sp³-hybridized carbons (Fsp3) is 0.304. The maximum atomic E-state index is 13.1. The summed E-state index contributed by atoms with van der Waals surface area (Å²) in [7, 11) is -3.18. The predicted molar refractivity (Wildman–Crippen MR) is 121 cm³/mol. The maximum absolute atomic E-state index is 13.1. The molecular weight excluding hydrogens is 412 g/mol. The summed E-state index contributed by atoms with van der Waals surface area (Å²) in [4.78, 5) is 13.1. The summed E-state index contributed by atoms with van der Waals surface area (Å²) in [6.07, 6.45) is 2.36. The zero-order valence-corrected chi connectivity index (χ0v) is 18.5. The Hall–Kier alpha value is -2.97. The summed E-state index contributed by atoms with van der Waals surface area (Å²) in [6.45, 7) is 5.07. The summed E-state index contributed by atoms with van der Waals surface area (Å²) in [6, 6.07) is 15.7. The van der Waals surface area contributed by atoms with E-state index in [9.17, 15) is 13.2 Å². The van der Waals surface area contributed by atoms with Crippen molar-refractivity contribution in [3.63, 3.8) is 0 Å². The molecule has 2 heterocycles. The van der Waals surface area contributed by atoms with Crippen molar-refractivity contribution >= 4 is 15.9 Å². The number of hydrogen-bond acceptors (Lipinski definition) is 4. The molecule has 8 heteroatoms. The minimum atomic E-state index is -3.18. The first-order valence-electron chi connectivity index (χ1n) is 10.3. The molecule has 1 saturated heterocycles. The number of para-hydroxylation sites is 1. The smallest absolute Gasteiger partial charge is 0.255 e. The van der Waals surface area contributed by atoms with Gasteiger partial charge in [-0.1, -0.05) is 42.0 Å². The molecule has 0 radical (unpaired) electrons. The van der Waals surface area contributed by atoms with Crippen LogP contribution in [0.2, 0.25) is 0 Å². The van der Waals surface area contributed by atoms with Crippen molar-refractivity contribution in [3.8, 4) is 16.9 Å². The van der Waals surface area contributed by atoms with Gasteiger partial charge in [-0.05, 0) is 38.0 Å². The molecule has 1 aromatic heterocycles. The molecule has 1 aliphatic heterocycles. The monoisotopic (exact) mass is 438 g/mol. The van der Waals surface area contributed by atoms with Gasteiger partial charge in [0.2, 0.25) is 10.0 Å². The maximum Gasteiger partial charge on any atom is 0.255 e. The van der Waals surface area contributed by atoms with Crippen molar-refractivity contribution in [3.05, 3.63) is 71.4 Å². The standard InChI is InChI=1S/C23H26N4O3S/c1-17-9-10-20(18(2)15-17)22-21(16-27(25-22)19-7-4-3-5-8-19)23(28)24-11-13-26-12-6-14-31(26,29)30/h3-5,7-10,15-16H,6,11-14H2,1-2H3,(H,24,28). The average Bonchev–Trinajstić information content (AvgIpc) is 3.32. The zero-order chi connectivity index (χ0) is 22.0. The fourth-order valence-corrected chi connectivity index (χ4v) is 5.39. The van der Waals surface area contributed by atoms with E-state index in [1.54, 1.807) is 10.9 Å². The Labute approximate surface area is 182 Å². The molecule has 4 rings (SSSR count). The minimum Gasteiger partial charge on any atom is -0.351 e. The van der Waals surface area contributed by atoms with Gasteiger partial charge in [-0.3, -0.25) is 4.79 Å². The molecule has 0 bridgehead atoms. The van der Waals surface area contributed by atoms with Crippen molar-refractivity contribution in [2.24, 2.45) is 0 Å². The number of aromatic nitrogens is 2. The quantitative estimate of drug-likeness (QED) is 0.641. The molecule has 0 spiro atoms. The molecule has 1 N–H and O–H groups in total. The van der Waals surface area contributed by atoms with Crippen LogP contribution in [0.1, 0.15) is 27.9 Å². The predicted octanol–water partition coefficient (Wildman–Crippen LogP) is 2.92. The number of carbonyl (C=O) groups excluding carboxylic acids is 1. The molecule has 1 aliphatic rings. The molecular formula is C23H26N4O3S. The third-order valence-electron chi connectivity index (χ3n) is 5.47. The number of aryl methyl sites for hydroxylation is 2. The van der Waals surface area contributed by atoms with Gasteiger partial charge in [0.1, 0.15) is 5.69 Å². The summed E-state index contributed by atoms with van der Waals surface area (Å²) < 4.78 is 27.1. The zero-order valence-electron chi connectivity index (χ0n) is 17.7. The average molecular weight is 439 g/mol. The minimum absolute atomic E-state index is 0.182. The topological polar surface area (TPSA) is 84.3 Å². The Morgan fingerprint density at radius 2 is 1.90 bits per heavy atom. The van der Waals surface area contributed by atoms with E-state index in [4.69, 9.17) is 5.10 Å². The number of sulfonamides is 1. The number of nitrogens with zero attached hydrogens (tertiary/aromatic N) is 3. The van der Waals surface area contributed by atoms with Gasteiger partial charge in [-0.25, -0.2) is 17.4 Å². The Kier molecular flexibility index (Phi) is 5.93. The third kappa shape index (κ3) is 4.55. The molecule has 0 saturated carbocycles. The first kappa shape index (κ1) is 21.3. The van der Waals surface area contributed by atoms with E-state index in [1.807, 2.05) is 56.3 Å². The second kappa shape index (κ2) is 8.64. The van der Waals surface area contributed by atoms with Gasteiger partial charge in [-0.2, -0.15) is 5.10 Å². The lowest BCUT2D eigenvalue weighted by Gasteiger charge is -2.14. The van der Waals surface area contributed by atoms with Gasteiger partial charge in [0, 0.05) is 31.4 Å². The number of hydrogen-bond donors (Lipinski definition) is 1. The van der Waals surface area contributed by atoms with Crippen LogP contribution in [-0.4, -0.2) is 53.8 Å². The largest absolute Gasteiger partial charge is 0.351 e. The van der Waals surface area contributed by atoms with E-state index in [0.29, 0.717) is 24.2 Å². The second-order valence-corrected chi connectivity index (χ2v) is 9.90. The highest BCUT2D eigenvalue weighted by molar-refractivity contribution is 7.89. The number of rotatable bonds is 6. The van der Waals surface area contributed by atoms with Crippen LogP contribution in [0, 0.1) is 13.8 Å². The molecule has 7 nitrogen and oxygen atoms in total. The molecule has 1 amide bonds. The lowest BCUT2D eigenvalue weighted by molar-refractivity contribution is 0.0952. The molecule has 0 aliphatic carbocycles. The Morgan fingerprint density at radius 3 is 2.58 bits per heavy atom. The van der Waals surface area contributed by atoms with E-state index < -0.39 is 10.0 Å². The normalized spacial score (nSPS) is 15.8. The van der Waals surface area contributed by atoms with E-state index in [2.05, 4.69) is 11.4 Å². The van der Waals surface area contributed by atoms with Crippen LogP contribution < -0.4 is 5.32 Å². The van der Waals surface area contributed by atoms with Gasteiger partial charge in [-0.15, -0.1) is 0 Å². The highest BCUT2D eigenvalue weighted by atomic mass is 32.2. The van der Waals surface area contributed by atoms with Crippen molar-refractivity contribution < 1.29 is 13.2 Å². The number of carbonyl (C=O) groups is 1. The van der Waals surface area contributed by atoms with Gasteiger partial charge < -0.3 is 5.32 Å². The van der Waals surface area contributed by atoms with Crippen LogP contribution >= 0.6 is 0 Å². The van der Waals surface area contributed by atoms with Gasteiger partial charge in [0.05, 0.1) is 17.0 Å². The second-order valence-electron chi connectivity index (χ2n) is 7.81. The highest BCUT2D eigenvalue weighted by Gasteiger charge is 2.28. The van der Waals surface area contributed by atoms with Crippen LogP contribution in [0.4, 0.5) is 0 Å².